The number of carbonyl (C=O) groups is 1. The number of carbonyl (C=O) groups excluding carboxylic acids is 1. The number of hydrogen-bond acceptors (Lipinski definition) is 2. The van der Waals surface area contributed by atoms with E-state index in [9.17, 15) is 18.0 Å². The SMILES string of the molecule is CC(N)CCNC(=O)c1ccccc1C(F)(F)F. The second-order valence-corrected chi connectivity index (χ2v) is 4.07. The predicted octanol–water partition coefficient (Wildman–Crippen LogP) is 2.17. The monoisotopic (exact) mass is 260 g/mol. The molecule has 0 heterocycles. The zero-order chi connectivity index (χ0) is 13.8. The van der Waals surface area contributed by atoms with Crippen molar-refractivity contribution in [2.24, 2.45) is 5.73 Å². The molecule has 0 spiro atoms. The summed E-state index contributed by atoms with van der Waals surface area (Å²) in [4.78, 5) is 11.6. The lowest BCUT2D eigenvalue weighted by atomic mass is 10.1. The van der Waals surface area contributed by atoms with Crippen LogP contribution in [-0.4, -0.2) is 18.5 Å². The largest absolute Gasteiger partial charge is 0.417 e. The average molecular weight is 260 g/mol. The van der Waals surface area contributed by atoms with E-state index in [-0.39, 0.29) is 18.2 Å². The Kier molecular flexibility index (Phi) is 4.72. The van der Waals surface area contributed by atoms with Crippen LogP contribution in [0.25, 0.3) is 0 Å². The first-order valence-electron chi connectivity index (χ1n) is 5.52. The Morgan fingerprint density at radius 1 is 1.39 bits per heavy atom. The van der Waals surface area contributed by atoms with Crippen LogP contribution < -0.4 is 11.1 Å². The molecule has 0 aliphatic heterocycles. The van der Waals surface area contributed by atoms with Crippen LogP contribution >= 0.6 is 0 Å². The maximum atomic E-state index is 12.7. The lowest BCUT2D eigenvalue weighted by molar-refractivity contribution is -0.137. The van der Waals surface area contributed by atoms with Crippen LogP contribution in [0.5, 0.6) is 0 Å². The van der Waals surface area contributed by atoms with Gasteiger partial charge in [0.25, 0.3) is 5.91 Å². The molecule has 1 unspecified atom stereocenters. The molecule has 1 amide bonds. The van der Waals surface area contributed by atoms with Crippen LogP contribution in [-0.2, 0) is 6.18 Å². The van der Waals surface area contributed by atoms with E-state index >= 15 is 0 Å². The molecule has 100 valence electrons. The molecule has 1 aromatic carbocycles. The first kappa shape index (κ1) is 14.5. The third kappa shape index (κ3) is 4.03. The normalized spacial score (nSPS) is 13.2. The highest BCUT2D eigenvalue weighted by molar-refractivity contribution is 5.95. The second-order valence-electron chi connectivity index (χ2n) is 4.07. The summed E-state index contributed by atoms with van der Waals surface area (Å²) in [6.07, 6.45) is -4.02. The summed E-state index contributed by atoms with van der Waals surface area (Å²) < 4.78 is 38.0. The summed E-state index contributed by atoms with van der Waals surface area (Å²) in [7, 11) is 0. The molecule has 0 bridgehead atoms. The fraction of sp³-hybridized carbons (Fsp3) is 0.417. The molecule has 18 heavy (non-hydrogen) atoms. The zero-order valence-electron chi connectivity index (χ0n) is 9.92. The molecular formula is C12H15F3N2O. The van der Waals surface area contributed by atoms with Gasteiger partial charge in [-0.2, -0.15) is 13.2 Å². The number of rotatable bonds is 4. The van der Waals surface area contributed by atoms with Gasteiger partial charge in [-0.05, 0) is 25.5 Å². The number of hydrogen-bond donors (Lipinski definition) is 2. The van der Waals surface area contributed by atoms with E-state index in [1.165, 1.54) is 12.1 Å². The fourth-order valence-electron chi connectivity index (χ4n) is 1.44. The number of benzene rings is 1. The van der Waals surface area contributed by atoms with Crippen LogP contribution in [0.1, 0.15) is 29.3 Å². The van der Waals surface area contributed by atoms with E-state index in [1.807, 2.05) is 0 Å². The van der Waals surface area contributed by atoms with Gasteiger partial charge in [0.2, 0.25) is 0 Å². The molecule has 0 aromatic heterocycles. The maximum Gasteiger partial charge on any atom is 0.417 e. The van der Waals surface area contributed by atoms with Crippen molar-refractivity contribution in [2.75, 3.05) is 6.54 Å². The lowest BCUT2D eigenvalue weighted by Gasteiger charge is -2.13. The minimum absolute atomic E-state index is 0.108. The molecule has 0 aliphatic rings. The van der Waals surface area contributed by atoms with Crippen molar-refractivity contribution < 1.29 is 18.0 Å². The Labute approximate surface area is 103 Å². The van der Waals surface area contributed by atoms with Crippen molar-refractivity contribution in [3.8, 4) is 0 Å². The quantitative estimate of drug-likeness (QED) is 0.871. The van der Waals surface area contributed by atoms with Crippen LogP contribution in [0.3, 0.4) is 0 Å². The highest BCUT2D eigenvalue weighted by Crippen LogP contribution is 2.31. The van der Waals surface area contributed by atoms with E-state index in [4.69, 9.17) is 5.73 Å². The third-order valence-corrected chi connectivity index (χ3v) is 2.36. The van der Waals surface area contributed by atoms with Crippen molar-refractivity contribution in [3.05, 3.63) is 35.4 Å². The zero-order valence-corrected chi connectivity index (χ0v) is 9.92. The number of alkyl halides is 3. The van der Waals surface area contributed by atoms with Gasteiger partial charge in [0.15, 0.2) is 0 Å². The van der Waals surface area contributed by atoms with E-state index in [0.29, 0.717) is 6.42 Å². The standard InChI is InChI=1S/C12H15F3N2O/c1-8(16)6-7-17-11(18)9-4-2-3-5-10(9)12(13,14)15/h2-5,8H,6-7,16H2,1H3,(H,17,18). The molecule has 0 radical (unpaired) electrons. The number of nitrogens with one attached hydrogen (secondary N) is 1. The first-order chi connectivity index (χ1) is 8.32. The van der Waals surface area contributed by atoms with E-state index in [0.717, 1.165) is 12.1 Å². The van der Waals surface area contributed by atoms with Gasteiger partial charge < -0.3 is 11.1 Å². The van der Waals surface area contributed by atoms with Crippen molar-refractivity contribution in [1.29, 1.82) is 0 Å². The Bertz CT molecular complexity index is 416. The van der Waals surface area contributed by atoms with E-state index in [1.54, 1.807) is 6.92 Å². The van der Waals surface area contributed by atoms with Crippen LogP contribution in [0.15, 0.2) is 24.3 Å². The molecule has 3 N–H and O–H groups in total. The van der Waals surface area contributed by atoms with Gasteiger partial charge in [-0.25, -0.2) is 0 Å². The molecule has 0 fully saturated rings. The molecule has 0 saturated heterocycles. The third-order valence-electron chi connectivity index (χ3n) is 2.36. The van der Waals surface area contributed by atoms with Crippen molar-refractivity contribution in [3.63, 3.8) is 0 Å². The Morgan fingerprint density at radius 3 is 2.56 bits per heavy atom. The molecule has 0 aliphatic carbocycles. The van der Waals surface area contributed by atoms with Gasteiger partial charge >= 0.3 is 6.18 Å². The van der Waals surface area contributed by atoms with Crippen molar-refractivity contribution >= 4 is 5.91 Å². The summed E-state index contributed by atoms with van der Waals surface area (Å²) in [5.41, 5.74) is 4.19. The molecule has 0 saturated carbocycles. The van der Waals surface area contributed by atoms with Gasteiger partial charge in [-0.15, -0.1) is 0 Å². The maximum absolute atomic E-state index is 12.7. The minimum atomic E-state index is -4.53. The van der Waals surface area contributed by atoms with E-state index < -0.39 is 17.6 Å². The molecule has 1 atom stereocenters. The molecule has 6 heteroatoms. The molecule has 3 nitrogen and oxygen atoms in total. The van der Waals surface area contributed by atoms with Crippen LogP contribution in [0.2, 0.25) is 0 Å². The number of nitrogens with two attached hydrogens (primary N) is 1. The van der Waals surface area contributed by atoms with Gasteiger partial charge in [-0.3, -0.25) is 4.79 Å². The topological polar surface area (TPSA) is 55.1 Å². The smallest absolute Gasteiger partial charge is 0.352 e. The van der Waals surface area contributed by atoms with Crippen molar-refractivity contribution in [2.45, 2.75) is 25.6 Å². The van der Waals surface area contributed by atoms with Gasteiger partial charge in [-0.1, -0.05) is 12.1 Å². The lowest BCUT2D eigenvalue weighted by Crippen LogP contribution is -2.30. The highest BCUT2D eigenvalue weighted by atomic mass is 19.4. The number of halogens is 3. The molecule has 1 rings (SSSR count). The minimum Gasteiger partial charge on any atom is -0.352 e. The summed E-state index contributed by atoms with van der Waals surface area (Å²) in [5, 5.41) is 2.42. The van der Waals surface area contributed by atoms with Crippen molar-refractivity contribution in [1.82, 2.24) is 5.32 Å². The fourth-order valence-corrected chi connectivity index (χ4v) is 1.44. The Hall–Kier alpha value is -1.56. The summed E-state index contributed by atoms with van der Waals surface area (Å²) in [6, 6.07) is 4.59. The Balaban J connectivity index is 2.80. The summed E-state index contributed by atoms with van der Waals surface area (Å²) >= 11 is 0. The first-order valence-corrected chi connectivity index (χ1v) is 5.52. The Morgan fingerprint density at radius 2 is 2.00 bits per heavy atom. The number of amides is 1. The van der Waals surface area contributed by atoms with Gasteiger partial charge in [0.1, 0.15) is 0 Å². The average Bonchev–Trinajstić information content (AvgIpc) is 2.27. The molecule has 1 aromatic rings. The van der Waals surface area contributed by atoms with Crippen LogP contribution in [0, 0.1) is 0 Å². The van der Waals surface area contributed by atoms with Gasteiger partial charge in [0, 0.05) is 12.6 Å². The highest BCUT2D eigenvalue weighted by Gasteiger charge is 2.34. The van der Waals surface area contributed by atoms with Crippen LogP contribution in [0.4, 0.5) is 13.2 Å². The van der Waals surface area contributed by atoms with Gasteiger partial charge in [0.05, 0.1) is 11.1 Å². The molecular weight excluding hydrogens is 245 g/mol. The predicted molar refractivity (Wildman–Crippen MR) is 62.0 cm³/mol. The second kappa shape index (κ2) is 5.86. The summed E-state index contributed by atoms with van der Waals surface area (Å²) in [5.74, 6) is -0.733. The summed E-state index contributed by atoms with van der Waals surface area (Å²) in [6.45, 7) is 2.01. The van der Waals surface area contributed by atoms with E-state index in [2.05, 4.69) is 5.32 Å².